The van der Waals surface area contributed by atoms with Crippen molar-refractivity contribution in [1.82, 2.24) is 4.98 Å². The van der Waals surface area contributed by atoms with Crippen LogP contribution in [0.15, 0.2) is 6.20 Å². The molecular formula is C14H23NO4. The second-order valence-electron chi connectivity index (χ2n) is 5.25. The lowest BCUT2D eigenvalue weighted by Gasteiger charge is -2.08. The summed E-state index contributed by atoms with van der Waals surface area (Å²) < 4.78 is 4.89. The molecule has 0 aliphatic rings. The van der Waals surface area contributed by atoms with Crippen LogP contribution in [0.4, 0.5) is 0 Å². The molecule has 0 bridgehead atoms. The van der Waals surface area contributed by atoms with E-state index in [1.807, 2.05) is 20.0 Å². The van der Waals surface area contributed by atoms with Crippen LogP contribution < -0.4 is 0 Å². The van der Waals surface area contributed by atoms with Crippen molar-refractivity contribution in [3.05, 3.63) is 23.0 Å². The van der Waals surface area contributed by atoms with Gasteiger partial charge in [-0.05, 0) is 47.1 Å². The fourth-order valence-electron chi connectivity index (χ4n) is 1.17. The van der Waals surface area contributed by atoms with Crippen LogP contribution in [0, 0.1) is 19.3 Å². The van der Waals surface area contributed by atoms with Gasteiger partial charge in [0.2, 0.25) is 0 Å². The zero-order valence-electron chi connectivity index (χ0n) is 12.5. The SMILES string of the molecule is CC(C)(C)C(=O)O.CCOC(=O)c1c(C)c[nH]c1C. The first-order valence-electron chi connectivity index (χ1n) is 6.16. The first-order valence-corrected chi connectivity index (χ1v) is 6.16. The van der Waals surface area contributed by atoms with Crippen LogP contribution in [0.5, 0.6) is 0 Å². The Bertz CT molecular complexity index is 421. The number of aromatic nitrogens is 1. The summed E-state index contributed by atoms with van der Waals surface area (Å²) in [4.78, 5) is 24.3. The van der Waals surface area contributed by atoms with Crippen LogP contribution in [0.3, 0.4) is 0 Å². The molecule has 5 heteroatoms. The molecule has 0 amide bonds. The second-order valence-corrected chi connectivity index (χ2v) is 5.25. The molecule has 5 nitrogen and oxygen atoms in total. The Morgan fingerprint density at radius 1 is 1.32 bits per heavy atom. The number of carboxylic acid groups (broad SMARTS) is 1. The maximum Gasteiger partial charge on any atom is 0.340 e. The van der Waals surface area contributed by atoms with Crippen molar-refractivity contribution in [2.45, 2.75) is 41.5 Å². The fourth-order valence-corrected chi connectivity index (χ4v) is 1.17. The van der Waals surface area contributed by atoms with Crippen molar-refractivity contribution in [3.63, 3.8) is 0 Å². The molecule has 0 fully saturated rings. The van der Waals surface area contributed by atoms with Gasteiger partial charge >= 0.3 is 11.9 Å². The molecule has 0 unspecified atom stereocenters. The number of esters is 1. The molecular weight excluding hydrogens is 246 g/mol. The van der Waals surface area contributed by atoms with Crippen LogP contribution in [0.1, 0.15) is 49.3 Å². The van der Waals surface area contributed by atoms with Gasteiger partial charge in [0.15, 0.2) is 0 Å². The Kier molecular flexibility index (Phi) is 6.32. The summed E-state index contributed by atoms with van der Waals surface area (Å²) in [5, 5.41) is 8.25. The molecule has 1 rings (SSSR count). The van der Waals surface area contributed by atoms with Crippen molar-refractivity contribution in [1.29, 1.82) is 0 Å². The highest BCUT2D eigenvalue weighted by Crippen LogP contribution is 2.13. The molecule has 1 aromatic heterocycles. The summed E-state index contributed by atoms with van der Waals surface area (Å²) in [5.74, 6) is -0.999. The number of rotatable bonds is 2. The van der Waals surface area contributed by atoms with Gasteiger partial charge in [-0.3, -0.25) is 4.79 Å². The van der Waals surface area contributed by atoms with E-state index in [1.165, 1.54) is 0 Å². The molecule has 1 heterocycles. The van der Waals surface area contributed by atoms with Crippen LogP contribution in [-0.2, 0) is 9.53 Å². The van der Waals surface area contributed by atoms with Crippen molar-refractivity contribution in [2.24, 2.45) is 5.41 Å². The molecule has 1 aromatic rings. The van der Waals surface area contributed by atoms with Gasteiger partial charge in [-0.2, -0.15) is 0 Å². The third kappa shape index (κ3) is 5.59. The number of aryl methyl sites for hydroxylation is 2. The number of aliphatic carboxylic acids is 1. The van der Waals surface area contributed by atoms with Crippen molar-refractivity contribution >= 4 is 11.9 Å². The molecule has 0 saturated carbocycles. The molecule has 0 aliphatic carbocycles. The van der Waals surface area contributed by atoms with Gasteiger partial charge in [0.05, 0.1) is 17.6 Å². The predicted octanol–water partition coefficient (Wildman–Crippen LogP) is 2.93. The zero-order chi connectivity index (χ0) is 15.2. The number of nitrogens with one attached hydrogen (secondary N) is 1. The number of carboxylic acids is 1. The van der Waals surface area contributed by atoms with E-state index in [0.717, 1.165) is 11.3 Å². The van der Waals surface area contributed by atoms with Gasteiger partial charge in [0.25, 0.3) is 0 Å². The lowest BCUT2D eigenvalue weighted by Crippen LogP contribution is -2.18. The Balaban J connectivity index is 0.000000399. The van der Waals surface area contributed by atoms with E-state index in [9.17, 15) is 9.59 Å². The third-order valence-electron chi connectivity index (χ3n) is 2.40. The summed E-state index contributed by atoms with van der Waals surface area (Å²) in [5.41, 5.74) is 1.88. The largest absolute Gasteiger partial charge is 0.481 e. The maximum atomic E-state index is 11.3. The quantitative estimate of drug-likeness (QED) is 0.809. The van der Waals surface area contributed by atoms with Gasteiger partial charge < -0.3 is 14.8 Å². The van der Waals surface area contributed by atoms with Crippen LogP contribution in [0.25, 0.3) is 0 Å². The molecule has 0 atom stereocenters. The lowest BCUT2D eigenvalue weighted by atomic mass is 9.98. The van der Waals surface area contributed by atoms with E-state index in [2.05, 4.69) is 4.98 Å². The van der Waals surface area contributed by atoms with E-state index < -0.39 is 11.4 Å². The third-order valence-corrected chi connectivity index (χ3v) is 2.40. The van der Waals surface area contributed by atoms with E-state index >= 15 is 0 Å². The minimum absolute atomic E-state index is 0.242. The standard InChI is InChI=1S/C9H13NO2.C5H10O2/c1-4-12-9(11)8-6(2)5-10-7(8)3;1-5(2,3)4(6)7/h5,10H,4H2,1-3H3;1-3H3,(H,6,7). The van der Waals surface area contributed by atoms with Crippen LogP contribution in [0.2, 0.25) is 0 Å². The fraction of sp³-hybridized carbons (Fsp3) is 0.571. The Labute approximate surface area is 114 Å². The van der Waals surface area contributed by atoms with Crippen molar-refractivity contribution in [2.75, 3.05) is 6.61 Å². The molecule has 0 radical (unpaired) electrons. The molecule has 19 heavy (non-hydrogen) atoms. The maximum absolute atomic E-state index is 11.3. The summed E-state index contributed by atoms with van der Waals surface area (Å²) in [6.45, 7) is 11.0. The van der Waals surface area contributed by atoms with Gasteiger partial charge in [-0.15, -0.1) is 0 Å². The molecule has 0 saturated heterocycles. The number of aromatic amines is 1. The number of ether oxygens (including phenoxy) is 1. The average Bonchev–Trinajstić information content (AvgIpc) is 2.58. The van der Waals surface area contributed by atoms with Gasteiger partial charge in [-0.25, -0.2) is 4.79 Å². The van der Waals surface area contributed by atoms with E-state index in [4.69, 9.17) is 9.84 Å². The normalized spacial score (nSPS) is 10.4. The highest BCUT2D eigenvalue weighted by atomic mass is 16.5. The Morgan fingerprint density at radius 2 is 1.79 bits per heavy atom. The Hall–Kier alpha value is -1.78. The summed E-state index contributed by atoms with van der Waals surface area (Å²) in [6.07, 6.45) is 1.81. The van der Waals surface area contributed by atoms with Crippen molar-refractivity contribution < 1.29 is 19.4 Å². The zero-order valence-corrected chi connectivity index (χ0v) is 12.5. The summed E-state index contributed by atoms with van der Waals surface area (Å²) >= 11 is 0. The van der Waals surface area contributed by atoms with Gasteiger partial charge in [-0.1, -0.05) is 0 Å². The van der Waals surface area contributed by atoms with Crippen LogP contribution in [-0.4, -0.2) is 28.6 Å². The summed E-state index contributed by atoms with van der Waals surface area (Å²) in [6, 6.07) is 0. The first kappa shape index (κ1) is 17.2. The number of hydrogen-bond donors (Lipinski definition) is 2. The van der Waals surface area contributed by atoms with Gasteiger partial charge in [0.1, 0.15) is 0 Å². The highest BCUT2D eigenvalue weighted by Gasteiger charge is 2.18. The number of carbonyl (C=O) groups excluding carboxylic acids is 1. The van der Waals surface area contributed by atoms with Gasteiger partial charge in [0, 0.05) is 11.9 Å². The highest BCUT2D eigenvalue weighted by molar-refractivity contribution is 5.92. The topological polar surface area (TPSA) is 79.4 Å². The van der Waals surface area contributed by atoms with E-state index in [0.29, 0.717) is 12.2 Å². The summed E-state index contributed by atoms with van der Waals surface area (Å²) in [7, 11) is 0. The molecule has 108 valence electrons. The monoisotopic (exact) mass is 269 g/mol. The predicted molar refractivity (Wildman–Crippen MR) is 73.3 cm³/mol. The smallest absolute Gasteiger partial charge is 0.340 e. The van der Waals surface area contributed by atoms with E-state index in [1.54, 1.807) is 27.7 Å². The van der Waals surface area contributed by atoms with Crippen molar-refractivity contribution in [3.8, 4) is 0 Å². The lowest BCUT2D eigenvalue weighted by molar-refractivity contribution is -0.145. The molecule has 0 aliphatic heterocycles. The number of carbonyl (C=O) groups is 2. The molecule has 2 N–H and O–H groups in total. The number of hydrogen-bond acceptors (Lipinski definition) is 3. The van der Waals surface area contributed by atoms with Crippen LogP contribution >= 0.6 is 0 Å². The average molecular weight is 269 g/mol. The molecule has 0 aromatic carbocycles. The number of H-pyrrole nitrogens is 1. The Morgan fingerprint density at radius 3 is 2.05 bits per heavy atom. The molecule has 0 spiro atoms. The minimum atomic E-state index is -0.757. The first-order chi connectivity index (χ1) is 8.61. The minimum Gasteiger partial charge on any atom is -0.481 e. The second kappa shape index (κ2) is 6.97. The van der Waals surface area contributed by atoms with E-state index in [-0.39, 0.29) is 5.97 Å².